The Balaban J connectivity index is 3.13. The fourth-order valence-corrected chi connectivity index (χ4v) is 1.98. The van der Waals surface area contributed by atoms with Gasteiger partial charge in [0, 0.05) is 13.1 Å². The first kappa shape index (κ1) is 16.7. The fraction of sp³-hybridized carbons (Fsp3) is 0.538. The quantitative estimate of drug-likeness (QED) is 0.809. The van der Waals surface area contributed by atoms with Crippen molar-refractivity contribution < 1.29 is 22.0 Å². The van der Waals surface area contributed by atoms with E-state index in [0.29, 0.717) is 16.9 Å². The Morgan fingerprint density at radius 2 is 1.70 bits per heavy atom. The highest BCUT2D eigenvalue weighted by atomic mass is 19.4. The van der Waals surface area contributed by atoms with Crippen molar-refractivity contribution in [1.29, 1.82) is 0 Å². The minimum Gasteiger partial charge on any atom is -0.358 e. The number of hydrogen-bond donors (Lipinski definition) is 1. The van der Waals surface area contributed by atoms with E-state index in [1.165, 1.54) is 0 Å². The number of halogens is 5. The van der Waals surface area contributed by atoms with Gasteiger partial charge in [0.15, 0.2) is 0 Å². The summed E-state index contributed by atoms with van der Waals surface area (Å²) in [4.78, 5) is 0.688. The molecule has 20 heavy (non-hydrogen) atoms. The van der Waals surface area contributed by atoms with Crippen LogP contribution in [0.5, 0.6) is 0 Å². The van der Waals surface area contributed by atoms with Crippen molar-refractivity contribution in [1.82, 2.24) is 5.32 Å². The van der Waals surface area contributed by atoms with Crippen LogP contribution in [-0.2, 0) is 6.54 Å². The molecule has 0 aromatic heterocycles. The zero-order chi connectivity index (χ0) is 15.3. The van der Waals surface area contributed by atoms with Gasteiger partial charge >= 0.3 is 6.18 Å². The first-order valence-electron chi connectivity index (χ1n) is 6.22. The van der Waals surface area contributed by atoms with E-state index in [9.17, 15) is 22.0 Å². The van der Waals surface area contributed by atoms with E-state index in [4.69, 9.17) is 0 Å². The van der Waals surface area contributed by atoms with Crippen molar-refractivity contribution in [2.24, 2.45) is 0 Å². The van der Waals surface area contributed by atoms with Crippen LogP contribution < -0.4 is 10.2 Å². The Morgan fingerprint density at radius 1 is 1.15 bits per heavy atom. The lowest BCUT2D eigenvalue weighted by Gasteiger charge is -2.26. The highest BCUT2D eigenvalue weighted by Gasteiger charge is 2.32. The van der Waals surface area contributed by atoms with Crippen molar-refractivity contribution in [2.75, 3.05) is 25.0 Å². The second-order valence-electron chi connectivity index (χ2n) is 4.48. The van der Waals surface area contributed by atoms with Crippen LogP contribution in [-0.4, -0.2) is 26.3 Å². The third-order valence-electron chi connectivity index (χ3n) is 2.64. The molecule has 1 N–H and O–H groups in total. The number of alkyl halides is 3. The summed E-state index contributed by atoms with van der Waals surface area (Å²) >= 11 is 0. The highest BCUT2D eigenvalue weighted by molar-refractivity contribution is 5.51. The fourth-order valence-electron chi connectivity index (χ4n) is 1.98. The van der Waals surface area contributed by atoms with E-state index in [0.717, 1.165) is 12.1 Å². The molecule has 0 aliphatic heterocycles. The van der Waals surface area contributed by atoms with E-state index in [-0.39, 0.29) is 13.1 Å². The smallest absolute Gasteiger partial charge is 0.358 e. The Kier molecular flexibility index (Phi) is 5.74. The zero-order valence-corrected chi connectivity index (χ0v) is 11.3. The van der Waals surface area contributed by atoms with Gasteiger partial charge in [-0.15, -0.1) is 0 Å². The molecule has 0 fully saturated rings. The van der Waals surface area contributed by atoms with E-state index >= 15 is 0 Å². The van der Waals surface area contributed by atoms with Gasteiger partial charge in [0.25, 0.3) is 0 Å². The number of rotatable bonds is 6. The molecule has 1 aromatic carbocycles. The second kappa shape index (κ2) is 6.88. The van der Waals surface area contributed by atoms with Crippen LogP contribution in [0.2, 0.25) is 0 Å². The summed E-state index contributed by atoms with van der Waals surface area (Å²) < 4.78 is 65.3. The van der Waals surface area contributed by atoms with Crippen LogP contribution in [0.4, 0.5) is 27.6 Å². The lowest BCUT2D eigenvalue weighted by atomic mass is 10.1. The molecule has 1 rings (SSSR count). The number of nitrogens with zero attached hydrogens (tertiary/aromatic N) is 1. The molecule has 2 nitrogen and oxygen atoms in total. The maximum absolute atomic E-state index is 13.9. The minimum atomic E-state index is -4.52. The molecular weight excluding hydrogens is 279 g/mol. The molecule has 0 bridgehead atoms. The predicted octanol–water partition coefficient (Wildman–Crippen LogP) is 3.46. The van der Waals surface area contributed by atoms with Gasteiger partial charge in [-0.05, 0) is 31.2 Å². The van der Waals surface area contributed by atoms with Crippen LogP contribution in [0.25, 0.3) is 0 Å². The molecule has 0 atom stereocenters. The Hall–Kier alpha value is -1.37. The summed E-state index contributed by atoms with van der Waals surface area (Å²) in [5.41, 5.74) is -0.279. The van der Waals surface area contributed by atoms with Crippen LogP contribution in [0.3, 0.4) is 0 Å². The zero-order valence-electron chi connectivity index (χ0n) is 11.3. The van der Waals surface area contributed by atoms with Gasteiger partial charge < -0.3 is 10.2 Å². The average Bonchev–Trinajstić information content (AvgIpc) is 2.26. The molecule has 0 saturated carbocycles. The molecule has 0 amide bonds. The minimum absolute atomic E-state index is 0.0707. The molecule has 0 unspecified atom stereocenters. The monoisotopic (exact) mass is 296 g/mol. The molecule has 0 heterocycles. The largest absolute Gasteiger partial charge is 0.405 e. The maximum Gasteiger partial charge on any atom is 0.405 e. The summed E-state index contributed by atoms with van der Waals surface area (Å²) in [5, 5.41) is 2.72. The van der Waals surface area contributed by atoms with Gasteiger partial charge in [0.1, 0.15) is 23.9 Å². The van der Waals surface area contributed by atoms with Crippen molar-refractivity contribution in [3.63, 3.8) is 0 Å². The molecule has 0 spiro atoms. The molecule has 0 aliphatic rings. The molecule has 1 aromatic rings. The average molecular weight is 296 g/mol. The Labute approximate surface area is 114 Å². The van der Waals surface area contributed by atoms with Crippen LogP contribution in [0.15, 0.2) is 12.1 Å². The maximum atomic E-state index is 13.9. The molecule has 114 valence electrons. The molecular formula is C13H17F5N2. The second-order valence-corrected chi connectivity index (χ2v) is 4.48. The number of anilines is 1. The SMILES string of the molecule is CCCN(CC(F)(F)F)c1c(F)cc(CNC)cc1F. The van der Waals surface area contributed by atoms with Gasteiger partial charge in [-0.2, -0.15) is 13.2 Å². The third kappa shape index (κ3) is 4.63. The van der Waals surface area contributed by atoms with E-state index in [2.05, 4.69) is 5.32 Å². The summed E-state index contributed by atoms with van der Waals surface area (Å²) in [5.74, 6) is -1.96. The lowest BCUT2D eigenvalue weighted by molar-refractivity contribution is -0.119. The Bertz CT molecular complexity index is 422. The van der Waals surface area contributed by atoms with Gasteiger partial charge in [-0.1, -0.05) is 6.92 Å². The summed E-state index contributed by atoms with van der Waals surface area (Å²) in [6.07, 6.45) is -4.16. The van der Waals surface area contributed by atoms with Crippen molar-refractivity contribution in [3.05, 3.63) is 29.3 Å². The van der Waals surface area contributed by atoms with Crippen LogP contribution >= 0.6 is 0 Å². The molecule has 0 aliphatic carbocycles. The van der Waals surface area contributed by atoms with E-state index in [1.54, 1.807) is 14.0 Å². The molecule has 0 radical (unpaired) electrons. The van der Waals surface area contributed by atoms with Crippen molar-refractivity contribution in [2.45, 2.75) is 26.1 Å². The van der Waals surface area contributed by atoms with Gasteiger partial charge in [0.05, 0.1) is 0 Å². The Morgan fingerprint density at radius 3 is 2.10 bits per heavy atom. The standard InChI is InChI=1S/C13H17F5N2/c1-3-4-20(8-13(16,17)18)12-10(14)5-9(7-19-2)6-11(12)15/h5-6,19H,3-4,7-8H2,1-2H3. The van der Waals surface area contributed by atoms with E-state index < -0.39 is 30.0 Å². The molecule has 7 heteroatoms. The highest BCUT2D eigenvalue weighted by Crippen LogP contribution is 2.28. The predicted molar refractivity (Wildman–Crippen MR) is 67.7 cm³/mol. The topological polar surface area (TPSA) is 15.3 Å². The third-order valence-corrected chi connectivity index (χ3v) is 2.64. The van der Waals surface area contributed by atoms with Crippen LogP contribution in [0.1, 0.15) is 18.9 Å². The van der Waals surface area contributed by atoms with E-state index in [1.807, 2.05) is 0 Å². The summed E-state index contributed by atoms with van der Waals surface area (Å²) in [7, 11) is 1.61. The number of nitrogens with one attached hydrogen (secondary N) is 1. The van der Waals surface area contributed by atoms with Crippen molar-refractivity contribution in [3.8, 4) is 0 Å². The lowest BCUT2D eigenvalue weighted by Crippen LogP contribution is -2.36. The van der Waals surface area contributed by atoms with Crippen LogP contribution in [0, 0.1) is 11.6 Å². The van der Waals surface area contributed by atoms with Gasteiger partial charge in [-0.3, -0.25) is 0 Å². The number of hydrogen-bond acceptors (Lipinski definition) is 2. The van der Waals surface area contributed by atoms with Gasteiger partial charge in [-0.25, -0.2) is 8.78 Å². The van der Waals surface area contributed by atoms with Crippen molar-refractivity contribution >= 4 is 5.69 Å². The first-order valence-corrected chi connectivity index (χ1v) is 6.22. The normalized spacial score (nSPS) is 11.8. The summed E-state index contributed by atoms with van der Waals surface area (Å²) in [6.45, 7) is 0.439. The summed E-state index contributed by atoms with van der Waals surface area (Å²) in [6, 6.07) is 2.10. The first-order chi connectivity index (χ1) is 9.28. The molecule has 0 saturated heterocycles. The van der Waals surface area contributed by atoms with Gasteiger partial charge in [0.2, 0.25) is 0 Å². The number of benzene rings is 1.